The molecule has 0 bridgehead atoms. The first-order chi connectivity index (χ1) is 9.58. The van der Waals surface area contributed by atoms with E-state index in [0.717, 1.165) is 6.42 Å². The number of hydrogen-bond acceptors (Lipinski definition) is 5. The van der Waals surface area contributed by atoms with Crippen molar-refractivity contribution in [3.8, 4) is 17.2 Å². The maximum atomic E-state index is 12.0. The maximum Gasteiger partial charge on any atom is 0.347 e. The first kappa shape index (κ1) is 14.0. The minimum atomic E-state index is -0.645. The molecule has 0 saturated carbocycles. The van der Waals surface area contributed by atoms with Crippen LogP contribution in [0.1, 0.15) is 19.1 Å². The topological polar surface area (TPSA) is 79.9 Å². The molecule has 0 spiro atoms. The van der Waals surface area contributed by atoms with Gasteiger partial charge >= 0.3 is 5.63 Å². The van der Waals surface area contributed by atoms with Crippen molar-refractivity contribution in [3.05, 3.63) is 40.5 Å². The third-order valence-electron chi connectivity index (χ3n) is 3.01. The van der Waals surface area contributed by atoms with Crippen LogP contribution in [0.25, 0.3) is 10.8 Å². The van der Waals surface area contributed by atoms with Crippen molar-refractivity contribution in [1.29, 1.82) is 0 Å². The second-order valence-corrected chi connectivity index (χ2v) is 4.35. The molecular weight excluding hydrogens is 260 g/mol. The van der Waals surface area contributed by atoms with Crippen molar-refractivity contribution in [1.82, 2.24) is 0 Å². The number of phenols is 2. The van der Waals surface area contributed by atoms with E-state index in [9.17, 15) is 15.0 Å². The monoisotopic (exact) mass is 276 g/mol. The van der Waals surface area contributed by atoms with Gasteiger partial charge in [0, 0.05) is 11.8 Å². The Balaban J connectivity index is 2.58. The predicted molar refractivity (Wildman–Crippen MR) is 75.5 cm³/mol. The molecule has 0 fully saturated rings. The van der Waals surface area contributed by atoms with Crippen molar-refractivity contribution in [3.63, 3.8) is 0 Å². The molecule has 1 aromatic carbocycles. The van der Waals surface area contributed by atoms with Gasteiger partial charge in [-0.15, -0.1) is 0 Å². The summed E-state index contributed by atoms with van der Waals surface area (Å²) in [5, 5.41) is 20.1. The number of aryl methyl sites for hydroxylation is 1. The SMILES string of the molecule is C/C=C/CCc1cc2cc(O)c(OC)c(O)c2c(=O)o1. The quantitative estimate of drug-likeness (QED) is 0.839. The Morgan fingerprint density at radius 1 is 1.35 bits per heavy atom. The highest BCUT2D eigenvalue weighted by atomic mass is 16.5. The van der Waals surface area contributed by atoms with Crippen LogP contribution in [0, 0.1) is 0 Å². The lowest BCUT2D eigenvalue weighted by Gasteiger charge is -2.09. The van der Waals surface area contributed by atoms with Gasteiger partial charge in [0.15, 0.2) is 11.5 Å². The fourth-order valence-corrected chi connectivity index (χ4v) is 2.07. The summed E-state index contributed by atoms with van der Waals surface area (Å²) in [6.07, 6.45) is 5.21. The number of rotatable bonds is 4. The van der Waals surface area contributed by atoms with Gasteiger partial charge in [-0.1, -0.05) is 12.2 Å². The van der Waals surface area contributed by atoms with Crippen LogP contribution >= 0.6 is 0 Å². The first-order valence-electron chi connectivity index (χ1n) is 6.25. The van der Waals surface area contributed by atoms with E-state index in [4.69, 9.17) is 9.15 Å². The summed E-state index contributed by atoms with van der Waals surface area (Å²) >= 11 is 0. The van der Waals surface area contributed by atoms with Crippen LogP contribution < -0.4 is 10.4 Å². The molecule has 2 N–H and O–H groups in total. The molecule has 0 aliphatic carbocycles. The lowest BCUT2D eigenvalue weighted by molar-refractivity contribution is 0.346. The lowest BCUT2D eigenvalue weighted by atomic mass is 10.1. The van der Waals surface area contributed by atoms with E-state index >= 15 is 0 Å². The molecule has 0 atom stereocenters. The zero-order valence-electron chi connectivity index (χ0n) is 11.3. The molecule has 5 heteroatoms. The number of benzene rings is 1. The highest BCUT2D eigenvalue weighted by Crippen LogP contribution is 2.40. The van der Waals surface area contributed by atoms with E-state index < -0.39 is 11.4 Å². The van der Waals surface area contributed by atoms with Crippen molar-refractivity contribution in [2.75, 3.05) is 7.11 Å². The minimum absolute atomic E-state index is 0.00873. The molecule has 0 saturated heterocycles. The predicted octanol–water partition coefficient (Wildman–Crippen LogP) is 2.72. The normalized spacial score (nSPS) is 11.3. The zero-order chi connectivity index (χ0) is 14.7. The van der Waals surface area contributed by atoms with Gasteiger partial charge in [-0.2, -0.15) is 0 Å². The summed E-state index contributed by atoms with van der Waals surface area (Å²) < 4.78 is 10.0. The number of phenolic OH excluding ortho intramolecular Hbond substituents is 2. The van der Waals surface area contributed by atoms with Gasteiger partial charge in [0.05, 0.1) is 7.11 Å². The van der Waals surface area contributed by atoms with Gasteiger partial charge in [0.1, 0.15) is 11.1 Å². The van der Waals surface area contributed by atoms with Gasteiger partial charge in [-0.3, -0.25) is 0 Å². The first-order valence-corrected chi connectivity index (χ1v) is 6.25. The highest BCUT2D eigenvalue weighted by molar-refractivity contribution is 5.91. The van der Waals surface area contributed by atoms with Crippen LogP contribution in [0.3, 0.4) is 0 Å². The van der Waals surface area contributed by atoms with Crippen molar-refractivity contribution in [2.45, 2.75) is 19.8 Å². The fourth-order valence-electron chi connectivity index (χ4n) is 2.07. The van der Waals surface area contributed by atoms with Crippen LogP contribution in [0.4, 0.5) is 0 Å². The number of ether oxygens (including phenoxy) is 1. The average Bonchev–Trinajstić information content (AvgIpc) is 2.38. The second-order valence-electron chi connectivity index (χ2n) is 4.35. The number of fused-ring (bicyclic) bond motifs is 1. The van der Waals surface area contributed by atoms with E-state index in [1.54, 1.807) is 6.07 Å². The molecule has 2 rings (SSSR count). The summed E-state index contributed by atoms with van der Waals surface area (Å²) in [6, 6.07) is 3.02. The van der Waals surface area contributed by atoms with Crippen LogP contribution in [-0.2, 0) is 6.42 Å². The van der Waals surface area contributed by atoms with Gasteiger partial charge in [-0.05, 0) is 25.5 Å². The third kappa shape index (κ3) is 2.47. The Hall–Kier alpha value is -2.43. The van der Waals surface area contributed by atoms with Gasteiger partial charge in [0.2, 0.25) is 5.75 Å². The molecule has 106 valence electrons. The zero-order valence-corrected chi connectivity index (χ0v) is 11.3. The summed E-state index contributed by atoms with van der Waals surface area (Å²) in [5.74, 6) is -0.255. The van der Waals surface area contributed by atoms with Crippen molar-refractivity contribution < 1.29 is 19.4 Å². The molecule has 0 radical (unpaired) electrons. The highest BCUT2D eigenvalue weighted by Gasteiger charge is 2.17. The molecule has 0 unspecified atom stereocenters. The minimum Gasteiger partial charge on any atom is -0.504 e. The van der Waals surface area contributed by atoms with E-state index in [0.29, 0.717) is 17.6 Å². The van der Waals surface area contributed by atoms with Crippen LogP contribution in [0.5, 0.6) is 17.2 Å². The van der Waals surface area contributed by atoms with E-state index in [2.05, 4.69) is 0 Å². The average molecular weight is 276 g/mol. The van der Waals surface area contributed by atoms with Crippen LogP contribution in [-0.4, -0.2) is 17.3 Å². The molecule has 20 heavy (non-hydrogen) atoms. The van der Waals surface area contributed by atoms with Gasteiger partial charge in [0.25, 0.3) is 0 Å². The third-order valence-corrected chi connectivity index (χ3v) is 3.01. The Kier molecular flexibility index (Phi) is 3.98. The van der Waals surface area contributed by atoms with E-state index in [-0.39, 0.29) is 16.9 Å². The molecule has 1 heterocycles. The molecule has 0 amide bonds. The standard InChI is InChI=1S/C15H16O5/c1-3-4-5-6-10-7-9-8-11(16)14(19-2)13(17)12(9)15(18)20-10/h3-4,7-8,16-17H,5-6H2,1-2H3/b4-3+. The number of aromatic hydroxyl groups is 2. The molecular formula is C15H16O5. The summed E-state index contributed by atoms with van der Waals surface area (Å²) in [5.41, 5.74) is -0.645. The molecule has 0 aliphatic rings. The van der Waals surface area contributed by atoms with E-state index in [1.807, 2.05) is 19.1 Å². The molecule has 1 aromatic heterocycles. The fraction of sp³-hybridized carbons (Fsp3) is 0.267. The number of hydrogen-bond donors (Lipinski definition) is 2. The second kappa shape index (κ2) is 5.69. The largest absolute Gasteiger partial charge is 0.504 e. The maximum absolute atomic E-state index is 12.0. The Labute approximate surface area is 115 Å². The Morgan fingerprint density at radius 3 is 2.75 bits per heavy atom. The smallest absolute Gasteiger partial charge is 0.347 e. The van der Waals surface area contributed by atoms with Crippen LogP contribution in [0.2, 0.25) is 0 Å². The number of methoxy groups -OCH3 is 1. The van der Waals surface area contributed by atoms with Crippen LogP contribution in [0.15, 0.2) is 33.5 Å². The molecule has 2 aromatic rings. The van der Waals surface area contributed by atoms with Crippen molar-refractivity contribution in [2.24, 2.45) is 0 Å². The van der Waals surface area contributed by atoms with Crippen molar-refractivity contribution >= 4 is 10.8 Å². The van der Waals surface area contributed by atoms with Gasteiger partial charge in [-0.25, -0.2) is 4.79 Å². The summed E-state index contributed by atoms with van der Waals surface area (Å²) in [4.78, 5) is 12.0. The van der Waals surface area contributed by atoms with Gasteiger partial charge < -0.3 is 19.4 Å². The summed E-state index contributed by atoms with van der Waals surface area (Å²) in [7, 11) is 1.30. The Morgan fingerprint density at radius 2 is 2.10 bits per heavy atom. The molecule has 5 nitrogen and oxygen atoms in total. The number of allylic oxidation sites excluding steroid dienone is 2. The molecule has 0 aliphatic heterocycles. The summed E-state index contributed by atoms with van der Waals surface area (Å²) in [6.45, 7) is 1.92. The van der Waals surface area contributed by atoms with E-state index in [1.165, 1.54) is 13.2 Å². The Bertz CT molecular complexity index is 712. The lowest BCUT2D eigenvalue weighted by Crippen LogP contribution is -2.03.